The number of benzene rings is 1. The molecule has 0 amide bonds. The summed E-state index contributed by atoms with van der Waals surface area (Å²) in [4.78, 5) is 19.9. The molecule has 118 valence electrons. The molecule has 23 heavy (non-hydrogen) atoms. The average Bonchev–Trinajstić information content (AvgIpc) is 2.83. The maximum absolute atomic E-state index is 12.4. The summed E-state index contributed by atoms with van der Waals surface area (Å²) in [7, 11) is 0. The van der Waals surface area contributed by atoms with Gasteiger partial charge in [0.15, 0.2) is 0 Å². The molecular weight excluding hydrogens is 309 g/mol. The highest BCUT2D eigenvalue weighted by Crippen LogP contribution is 2.29. The van der Waals surface area contributed by atoms with Gasteiger partial charge in [0.25, 0.3) is 0 Å². The van der Waals surface area contributed by atoms with E-state index in [1.54, 1.807) is 13.0 Å². The van der Waals surface area contributed by atoms with Crippen molar-refractivity contribution >= 4 is 16.9 Å². The van der Waals surface area contributed by atoms with Crippen molar-refractivity contribution in [3.05, 3.63) is 54.4 Å². The van der Waals surface area contributed by atoms with Gasteiger partial charge in [-0.1, -0.05) is 30.3 Å². The van der Waals surface area contributed by atoms with Gasteiger partial charge in [0, 0.05) is 17.1 Å². The summed E-state index contributed by atoms with van der Waals surface area (Å²) in [6.07, 6.45) is -3.60. The molecule has 0 bridgehead atoms. The topological polar surface area (TPSA) is 44.1 Å². The number of fused-ring (bicyclic) bond motifs is 1. The van der Waals surface area contributed by atoms with Crippen molar-refractivity contribution in [1.82, 2.24) is 9.71 Å². The second-order valence-electron chi connectivity index (χ2n) is 4.91. The van der Waals surface area contributed by atoms with Gasteiger partial charge in [0.2, 0.25) is 0 Å². The minimum absolute atomic E-state index is 0.342. The normalized spacial score (nSPS) is 11.7. The monoisotopic (exact) mass is 320 g/mol. The smallest absolute Gasteiger partial charge is 0.328 e. The highest BCUT2D eigenvalue weighted by molar-refractivity contribution is 5.94. The number of aromatic nitrogens is 2. The number of carbonyl (C=O) groups excluding carboxylic acids is 1. The predicted molar refractivity (Wildman–Crippen MR) is 77.5 cm³/mol. The van der Waals surface area contributed by atoms with Crippen LogP contribution in [-0.4, -0.2) is 21.9 Å². The van der Waals surface area contributed by atoms with Gasteiger partial charge in [-0.2, -0.15) is 17.9 Å². The van der Waals surface area contributed by atoms with Gasteiger partial charge in [0.05, 0.1) is 16.9 Å². The van der Waals surface area contributed by atoms with E-state index >= 15 is 0 Å². The first kappa shape index (κ1) is 15.1. The third-order valence-electron chi connectivity index (χ3n) is 3.31. The maximum atomic E-state index is 12.4. The molecule has 0 atom stereocenters. The lowest BCUT2D eigenvalue weighted by Gasteiger charge is -2.10. The summed E-state index contributed by atoms with van der Waals surface area (Å²) in [5, 5.41) is 0.603. The molecule has 3 aromatic rings. The van der Waals surface area contributed by atoms with Crippen LogP contribution in [-0.2, 0) is 4.79 Å². The van der Waals surface area contributed by atoms with E-state index in [1.807, 2.05) is 30.3 Å². The minimum atomic E-state index is -5.06. The number of hydrogen-bond donors (Lipinski definition) is 0. The molecule has 0 fully saturated rings. The largest absolute Gasteiger partial charge is 0.493 e. The van der Waals surface area contributed by atoms with Crippen LogP contribution < -0.4 is 4.84 Å². The Labute approximate surface area is 129 Å². The number of carbonyl (C=O) groups is 1. The molecule has 0 radical (unpaired) electrons. The van der Waals surface area contributed by atoms with Crippen LogP contribution in [0.15, 0.2) is 48.7 Å². The third-order valence-corrected chi connectivity index (χ3v) is 3.31. The van der Waals surface area contributed by atoms with E-state index in [2.05, 4.69) is 9.82 Å². The molecule has 3 rings (SSSR count). The van der Waals surface area contributed by atoms with Crippen LogP contribution in [0.2, 0.25) is 0 Å². The SMILES string of the molecule is Cc1cc2c(-c3ccccc3)nccc2n1OC(=O)C(F)(F)F. The molecule has 0 saturated heterocycles. The van der Waals surface area contributed by atoms with Crippen LogP contribution in [0.25, 0.3) is 22.2 Å². The van der Waals surface area contributed by atoms with Gasteiger partial charge >= 0.3 is 12.1 Å². The number of alkyl halides is 3. The second-order valence-corrected chi connectivity index (χ2v) is 4.91. The van der Waals surface area contributed by atoms with E-state index in [4.69, 9.17) is 0 Å². The van der Waals surface area contributed by atoms with Crippen LogP contribution in [0.5, 0.6) is 0 Å². The molecule has 0 unspecified atom stereocenters. The lowest BCUT2D eigenvalue weighted by Crippen LogP contribution is -2.33. The van der Waals surface area contributed by atoms with E-state index in [9.17, 15) is 18.0 Å². The summed E-state index contributed by atoms with van der Waals surface area (Å²) in [6, 6.07) is 12.3. The number of halogens is 3. The standard InChI is InChI=1S/C16H11F3N2O2/c1-10-9-12-13(21(10)23-15(22)16(17,18)19)7-8-20-14(12)11-5-3-2-4-6-11/h2-9H,1H3. The van der Waals surface area contributed by atoms with E-state index in [0.29, 0.717) is 22.3 Å². The summed E-state index contributed by atoms with van der Waals surface area (Å²) in [5.41, 5.74) is 2.13. The van der Waals surface area contributed by atoms with E-state index in [0.717, 1.165) is 10.3 Å². The number of nitrogens with zero attached hydrogens (tertiary/aromatic N) is 2. The van der Waals surface area contributed by atoms with Gasteiger partial charge in [-0.05, 0) is 19.1 Å². The highest BCUT2D eigenvalue weighted by atomic mass is 19.4. The van der Waals surface area contributed by atoms with E-state index < -0.39 is 12.1 Å². The van der Waals surface area contributed by atoms with Gasteiger partial charge < -0.3 is 4.84 Å². The molecule has 0 saturated carbocycles. The fraction of sp³-hybridized carbons (Fsp3) is 0.125. The Morgan fingerprint density at radius 1 is 1.17 bits per heavy atom. The van der Waals surface area contributed by atoms with Crippen molar-refractivity contribution in [2.75, 3.05) is 0 Å². The average molecular weight is 320 g/mol. The molecular formula is C16H11F3N2O2. The summed E-state index contributed by atoms with van der Waals surface area (Å²) < 4.78 is 38.1. The Kier molecular flexibility index (Phi) is 3.55. The van der Waals surface area contributed by atoms with Crippen molar-refractivity contribution in [1.29, 1.82) is 0 Å². The fourth-order valence-corrected chi connectivity index (χ4v) is 2.32. The van der Waals surface area contributed by atoms with E-state index in [1.165, 1.54) is 12.3 Å². The highest BCUT2D eigenvalue weighted by Gasteiger charge is 2.42. The molecule has 1 aromatic carbocycles. The second kappa shape index (κ2) is 5.42. The van der Waals surface area contributed by atoms with Crippen molar-refractivity contribution in [2.45, 2.75) is 13.1 Å². The molecule has 4 nitrogen and oxygen atoms in total. The Hall–Kier alpha value is -2.83. The third kappa shape index (κ3) is 2.77. The van der Waals surface area contributed by atoms with Crippen LogP contribution in [0.1, 0.15) is 5.69 Å². The van der Waals surface area contributed by atoms with Crippen LogP contribution in [0.4, 0.5) is 13.2 Å². The predicted octanol–water partition coefficient (Wildman–Crippen LogP) is 3.53. The summed E-state index contributed by atoms with van der Waals surface area (Å²) >= 11 is 0. The van der Waals surface area contributed by atoms with Crippen molar-refractivity contribution < 1.29 is 22.8 Å². The summed E-state index contributed by atoms with van der Waals surface area (Å²) in [6.45, 7) is 1.55. The molecule has 2 aromatic heterocycles. The number of aryl methyl sites for hydroxylation is 1. The molecule has 2 heterocycles. The zero-order chi connectivity index (χ0) is 16.6. The van der Waals surface area contributed by atoms with Crippen LogP contribution in [0.3, 0.4) is 0 Å². The van der Waals surface area contributed by atoms with Crippen LogP contribution in [0, 0.1) is 6.92 Å². The Morgan fingerprint density at radius 3 is 2.52 bits per heavy atom. The number of rotatable bonds is 2. The van der Waals surface area contributed by atoms with Gasteiger partial charge in [-0.3, -0.25) is 4.98 Å². The van der Waals surface area contributed by atoms with Crippen molar-refractivity contribution in [3.8, 4) is 11.3 Å². The first-order chi connectivity index (χ1) is 10.9. The van der Waals surface area contributed by atoms with Gasteiger partial charge in [-0.15, -0.1) is 0 Å². The Balaban J connectivity index is 2.12. The number of hydrogen-bond acceptors (Lipinski definition) is 3. The zero-order valence-electron chi connectivity index (χ0n) is 12.0. The van der Waals surface area contributed by atoms with Crippen molar-refractivity contribution in [3.63, 3.8) is 0 Å². The quantitative estimate of drug-likeness (QED) is 0.725. The van der Waals surface area contributed by atoms with Crippen molar-refractivity contribution in [2.24, 2.45) is 0 Å². The molecule has 0 aliphatic heterocycles. The molecule has 0 spiro atoms. The fourth-order valence-electron chi connectivity index (χ4n) is 2.32. The summed E-state index contributed by atoms with van der Waals surface area (Å²) in [5.74, 6) is -2.27. The lowest BCUT2D eigenvalue weighted by atomic mass is 10.1. The Bertz CT molecular complexity index is 870. The first-order valence-electron chi connectivity index (χ1n) is 6.70. The zero-order valence-corrected chi connectivity index (χ0v) is 12.0. The van der Waals surface area contributed by atoms with Crippen LogP contribution >= 0.6 is 0 Å². The Morgan fingerprint density at radius 2 is 1.87 bits per heavy atom. The molecule has 0 aliphatic rings. The van der Waals surface area contributed by atoms with Gasteiger partial charge in [0.1, 0.15) is 0 Å². The molecule has 0 aliphatic carbocycles. The lowest BCUT2D eigenvalue weighted by molar-refractivity contribution is -0.199. The van der Waals surface area contributed by atoms with Gasteiger partial charge in [-0.25, -0.2) is 4.79 Å². The molecule has 7 heteroatoms. The molecule has 0 N–H and O–H groups in total. The van der Waals surface area contributed by atoms with E-state index in [-0.39, 0.29) is 0 Å². The number of pyridine rings is 1. The first-order valence-corrected chi connectivity index (χ1v) is 6.70. The maximum Gasteiger partial charge on any atom is 0.493 e. The minimum Gasteiger partial charge on any atom is -0.328 e.